The van der Waals surface area contributed by atoms with Gasteiger partial charge in [-0.2, -0.15) is 5.26 Å². The van der Waals surface area contributed by atoms with Crippen LogP contribution in [0.15, 0.2) is 22.9 Å². The summed E-state index contributed by atoms with van der Waals surface area (Å²) in [6, 6.07) is 3.98. The smallest absolute Gasteiger partial charge is 0.178 e. The predicted octanol–water partition coefficient (Wildman–Crippen LogP) is 3.10. The average molecular weight is 298 g/mol. The second-order valence-corrected chi connectivity index (χ2v) is 5.60. The minimum Gasteiger partial charge on any atom is -0.460 e. The molecule has 0 spiro atoms. The lowest BCUT2D eigenvalue weighted by atomic mass is 10.1. The molecule has 0 radical (unpaired) electrons. The Morgan fingerprint density at radius 1 is 1.41 bits per heavy atom. The lowest BCUT2D eigenvalue weighted by molar-refractivity contribution is 0.161. The van der Waals surface area contributed by atoms with Crippen LogP contribution in [0.3, 0.4) is 0 Å². The number of aromatic nitrogens is 3. The van der Waals surface area contributed by atoms with E-state index in [9.17, 15) is 5.11 Å². The molecule has 6 heteroatoms. The topological polar surface area (TPSA) is 87.9 Å². The van der Waals surface area contributed by atoms with Crippen molar-refractivity contribution in [2.24, 2.45) is 0 Å². The summed E-state index contributed by atoms with van der Waals surface area (Å²) in [6.07, 6.45) is 4.33. The van der Waals surface area contributed by atoms with E-state index >= 15 is 0 Å². The van der Waals surface area contributed by atoms with Gasteiger partial charge in [-0.1, -0.05) is 0 Å². The van der Waals surface area contributed by atoms with E-state index in [0.717, 1.165) is 34.4 Å². The molecule has 2 atom stereocenters. The van der Waals surface area contributed by atoms with Crippen LogP contribution in [-0.2, 0) is 0 Å². The highest BCUT2D eigenvalue weighted by Gasteiger charge is 2.18. The number of aryl methyl sites for hydroxylation is 1. The number of rotatable bonds is 5. The molecule has 6 nitrogen and oxygen atoms in total. The lowest BCUT2D eigenvalue weighted by Gasteiger charge is -2.17. The van der Waals surface area contributed by atoms with Gasteiger partial charge in [-0.15, -0.1) is 0 Å². The Morgan fingerprint density at radius 3 is 3.00 bits per heavy atom. The van der Waals surface area contributed by atoms with Crippen molar-refractivity contribution in [3.05, 3.63) is 24.4 Å². The number of aliphatic hydroxyl groups is 1. The van der Waals surface area contributed by atoms with Gasteiger partial charge < -0.3 is 14.1 Å². The van der Waals surface area contributed by atoms with Gasteiger partial charge in [0.2, 0.25) is 0 Å². The zero-order valence-corrected chi connectivity index (χ0v) is 12.7. The van der Waals surface area contributed by atoms with Gasteiger partial charge in [-0.25, -0.2) is 4.98 Å². The lowest BCUT2D eigenvalue weighted by Crippen LogP contribution is -2.12. The Hall–Kier alpha value is -2.39. The summed E-state index contributed by atoms with van der Waals surface area (Å²) in [5, 5.41) is 18.4. The van der Waals surface area contributed by atoms with Gasteiger partial charge in [0.15, 0.2) is 5.58 Å². The largest absolute Gasteiger partial charge is 0.460 e. The van der Waals surface area contributed by atoms with Crippen LogP contribution >= 0.6 is 0 Å². The standard InChI is InChI=1S/C16H18N4O2/c1-10(3-4-12(21)5-7-17)20-11(2)19-14-9-18-13-6-8-22-16(13)15(14)20/h6,8-10,12,21H,3-5H2,1-2H3. The van der Waals surface area contributed by atoms with Crippen molar-refractivity contribution >= 4 is 22.1 Å². The van der Waals surface area contributed by atoms with Crippen molar-refractivity contribution < 1.29 is 9.52 Å². The molecule has 3 aromatic heterocycles. The molecule has 114 valence electrons. The molecule has 0 aromatic carbocycles. The quantitative estimate of drug-likeness (QED) is 0.782. The number of aliphatic hydroxyl groups excluding tert-OH is 1. The first-order chi connectivity index (χ1) is 10.6. The molecule has 22 heavy (non-hydrogen) atoms. The molecule has 3 aromatic rings. The van der Waals surface area contributed by atoms with Crippen LogP contribution in [0.25, 0.3) is 22.1 Å². The van der Waals surface area contributed by atoms with Crippen LogP contribution in [-0.4, -0.2) is 25.7 Å². The molecule has 0 aliphatic carbocycles. The second-order valence-electron chi connectivity index (χ2n) is 5.60. The van der Waals surface area contributed by atoms with E-state index in [0.29, 0.717) is 6.42 Å². The number of nitriles is 1. The minimum atomic E-state index is -0.576. The van der Waals surface area contributed by atoms with Crippen LogP contribution in [0.1, 0.15) is 38.1 Å². The highest BCUT2D eigenvalue weighted by atomic mass is 16.3. The molecule has 0 amide bonds. The van der Waals surface area contributed by atoms with Crippen molar-refractivity contribution in [3.63, 3.8) is 0 Å². The Balaban J connectivity index is 1.97. The molecule has 0 aliphatic rings. The maximum absolute atomic E-state index is 9.74. The van der Waals surface area contributed by atoms with E-state index < -0.39 is 6.10 Å². The second kappa shape index (κ2) is 5.78. The number of nitrogens with zero attached hydrogens (tertiary/aromatic N) is 4. The molecule has 0 bridgehead atoms. The summed E-state index contributed by atoms with van der Waals surface area (Å²) >= 11 is 0. The van der Waals surface area contributed by atoms with E-state index in [1.807, 2.05) is 19.1 Å². The average Bonchev–Trinajstić information content (AvgIpc) is 3.07. The van der Waals surface area contributed by atoms with Gasteiger partial charge in [0.1, 0.15) is 22.4 Å². The molecule has 1 N–H and O–H groups in total. The van der Waals surface area contributed by atoms with Crippen molar-refractivity contribution in [2.75, 3.05) is 0 Å². The van der Waals surface area contributed by atoms with Crippen LogP contribution in [0.2, 0.25) is 0 Å². The Bertz CT molecular complexity index is 843. The van der Waals surface area contributed by atoms with Crippen molar-refractivity contribution in [2.45, 2.75) is 45.3 Å². The fourth-order valence-corrected chi connectivity index (χ4v) is 2.90. The van der Waals surface area contributed by atoms with E-state index in [1.165, 1.54) is 0 Å². The van der Waals surface area contributed by atoms with Gasteiger partial charge in [-0.3, -0.25) is 4.98 Å². The zero-order valence-electron chi connectivity index (χ0n) is 12.7. The first kappa shape index (κ1) is 14.5. The third kappa shape index (κ3) is 2.44. The summed E-state index contributed by atoms with van der Waals surface area (Å²) in [6.45, 7) is 4.04. The van der Waals surface area contributed by atoms with Gasteiger partial charge in [-0.05, 0) is 26.7 Å². The molecule has 3 heterocycles. The van der Waals surface area contributed by atoms with Crippen molar-refractivity contribution in [3.8, 4) is 6.07 Å². The predicted molar refractivity (Wildman–Crippen MR) is 82.2 cm³/mol. The molecule has 2 unspecified atom stereocenters. The normalized spacial score (nSPS) is 14.3. The zero-order chi connectivity index (χ0) is 15.7. The number of hydrogen-bond donors (Lipinski definition) is 1. The number of furan rings is 1. The van der Waals surface area contributed by atoms with Gasteiger partial charge in [0.05, 0.1) is 31.1 Å². The van der Waals surface area contributed by atoms with Gasteiger partial charge in [0, 0.05) is 12.1 Å². The summed E-state index contributed by atoms with van der Waals surface area (Å²) in [5.41, 5.74) is 3.30. The molecular weight excluding hydrogens is 280 g/mol. The Kier molecular flexibility index (Phi) is 3.82. The fourth-order valence-electron chi connectivity index (χ4n) is 2.90. The van der Waals surface area contributed by atoms with Gasteiger partial charge >= 0.3 is 0 Å². The summed E-state index contributed by atoms with van der Waals surface area (Å²) in [5.74, 6) is 0.892. The minimum absolute atomic E-state index is 0.147. The van der Waals surface area contributed by atoms with E-state index in [1.54, 1.807) is 12.5 Å². The van der Waals surface area contributed by atoms with Gasteiger partial charge in [0.25, 0.3) is 0 Å². The molecular formula is C16H18N4O2. The first-order valence-electron chi connectivity index (χ1n) is 7.37. The molecule has 0 saturated carbocycles. The van der Waals surface area contributed by atoms with E-state index in [4.69, 9.17) is 9.68 Å². The molecule has 0 saturated heterocycles. The first-order valence-corrected chi connectivity index (χ1v) is 7.37. The van der Waals surface area contributed by atoms with Crippen LogP contribution in [0.4, 0.5) is 0 Å². The monoisotopic (exact) mass is 298 g/mol. The van der Waals surface area contributed by atoms with Crippen LogP contribution < -0.4 is 0 Å². The SMILES string of the molecule is Cc1nc2cnc3ccoc3c2n1C(C)CCC(O)CC#N. The van der Waals surface area contributed by atoms with Crippen LogP contribution in [0.5, 0.6) is 0 Å². The summed E-state index contributed by atoms with van der Waals surface area (Å²) in [4.78, 5) is 8.89. The number of fused-ring (bicyclic) bond motifs is 3. The molecule has 0 fully saturated rings. The number of pyridine rings is 1. The maximum Gasteiger partial charge on any atom is 0.178 e. The Morgan fingerprint density at radius 2 is 2.23 bits per heavy atom. The fraction of sp³-hybridized carbons (Fsp3) is 0.438. The van der Waals surface area contributed by atoms with E-state index in [-0.39, 0.29) is 12.5 Å². The molecule has 0 aliphatic heterocycles. The maximum atomic E-state index is 9.74. The third-order valence-electron chi connectivity index (χ3n) is 3.99. The Labute approximate surface area is 128 Å². The van der Waals surface area contributed by atoms with E-state index in [2.05, 4.69) is 21.5 Å². The van der Waals surface area contributed by atoms with Crippen LogP contribution in [0, 0.1) is 18.3 Å². The third-order valence-corrected chi connectivity index (χ3v) is 3.99. The summed E-state index contributed by atoms with van der Waals surface area (Å²) < 4.78 is 7.71. The highest BCUT2D eigenvalue weighted by Crippen LogP contribution is 2.29. The van der Waals surface area contributed by atoms with Crippen molar-refractivity contribution in [1.29, 1.82) is 5.26 Å². The number of imidazole rings is 1. The summed E-state index contributed by atoms with van der Waals surface area (Å²) in [7, 11) is 0. The number of hydrogen-bond acceptors (Lipinski definition) is 5. The highest BCUT2D eigenvalue weighted by molar-refractivity contribution is 5.98. The van der Waals surface area contributed by atoms with Crippen molar-refractivity contribution in [1.82, 2.24) is 14.5 Å². The molecule has 3 rings (SSSR count).